The molecular formula is C15H31NS. The molecule has 0 aromatic heterocycles. The minimum absolute atomic E-state index is 0.834. The van der Waals surface area contributed by atoms with Gasteiger partial charge in [-0.3, -0.25) is 0 Å². The van der Waals surface area contributed by atoms with Crippen molar-refractivity contribution in [3.8, 4) is 0 Å². The van der Waals surface area contributed by atoms with Gasteiger partial charge in [-0.15, -0.1) is 0 Å². The summed E-state index contributed by atoms with van der Waals surface area (Å²) in [5.74, 6) is 2.74. The molecule has 1 nitrogen and oxygen atoms in total. The van der Waals surface area contributed by atoms with E-state index in [-0.39, 0.29) is 0 Å². The van der Waals surface area contributed by atoms with E-state index in [1.165, 1.54) is 82.3 Å². The van der Waals surface area contributed by atoms with Crippen molar-refractivity contribution in [1.82, 2.24) is 5.32 Å². The smallest absolute Gasteiger partial charge is 0.00827 e. The van der Waals surface area contributed by atoms with Gasteiger partial charge in [-0.1, -0.05) is 51.9 Å². The highest BCUT2D eigenvalue weighted by molar-refractivity contribution is 7.99. The topological polar surface area (TPSA) is 12.0 Å². The standard InChI is InChI=1S/C15H31NS/c1-2-3-4-5-6-7-8-9-12-16-15-10-13-17-14-11-15/h15-16H,2-14H2,1H3. The second-order valence-corrected chi connectivity index (χ2v) is 6.54. The molecule has 1 saturated heterocycles. The van der Waals surface area contributed by atoms with Crippen molar-refractivity contribution in [2.45, 2.75) is 77.2 Å². The lowest BCUT2D eigenvalue weighted by Gasteiger charge is -2.22. The second kappa shape index (κ2) is 11.4. The maximum absolute atomic E-state index is 3.72. The molecule has 2 heteroatoms. The molecular weight excluding hydrogens is 226 g/mol. The van der Waals surface area contributed by atoms with Gasteiger partial charge in [-0.05, 0) is 37.3 Å². The predicted molar refractivity (Wildman–Crippen MR) is 81.0 cm³/mol. The van der Waals surface area contributed by atoms with Crippen LogP contribution in [-0.2, 0) is 0 Å². The van der Waals surface area contributed by atoms with Gasteiger partial charge in [-0.2, -0.15) is 11.8 Å². The zero-order chi connectivity index (χ0) is 12.2. The Hall–Kier alpha value is 0.310. The monoisotopic (exact) mass is 257 g/mol. The minimum Gasteiger partial charge on any atom is -0.314 e. The van der Waals surface area contributed by atoms with Gasteiger partial charge >= 0.3 is 0 Å². The van der Waals surface area contributed by atoms with Crippen LogP contribution in [0.3, 0.4) is 0 Å². The van der Waals surface area contributed by atoms with Crippen molar-refractivity contribution in [2.75, 3.05) is 18.1 Å². The first kappa shape index (κ1) is 15.4. The molecule has 1 heterocycles. The molecule has 1 N–H and O–H groups in total. The number of nitrogens with one attached hydrogen (secondary N) is 1. The van der Waals surface area contributed by atoms with Gasteiger partial charge in [0.1, 0.15) is 0 Å². The summed E-state index contributed by atoms with van der Waals surface area (Å²) in [6, 6.07) is 0.834. The molecule has 102 valence electrons. The van der Waals surface area contributed by atoms with Crippen LogP contribution in [0, 0.1) is 0 Å². The summed E-state index contributed by atoms with van der Waals surface area (Å²) in [5, 5.41) is 3.72. The van der Waals surface area contributed by atoms with Gasteiger partial charge in [0, 0.05) is 6.04 Å². The quantitative estimate of drug-likeness (QED) is 0.573. The zero-order valence-corrected chi connectivity index (χ0v) is 12.5. The first-order valence-electron chi connectivity index (χ1n) is 7.74. The number of rotatable bonds is 10. The fraction of sp³-hybridized carbons (Fsp3) is 1.00. The maximum atomic E-state index is 3.72. The third-order valence-electron chi connectivity index (χ3n) is 3.68. The highest BCUT2D eigenvalue weighted by atomic mass is 32.2. The summed E-state index contributed by atoms with van der Waals surface area (Å²) in [6.07, 6.45) is 14.2. The van der Waals surface area contributed by atoms with Crippen LogP contribution in [0.25, 0.3) is 0 Å². The molecule has 1 aliphatic rings. The maximum Gasteiger partial charge on any atom is 0.00827 e. The third kappa shape index (κ3) is 8.96. The lowest BCUT2D eigenvalue weighted by Crippen LogP contribution is -2.33. The van der Waals surface area contributed by atoms with Crippen molar-refractivity contribution in [3.63, 3.8) is 0 Å². The molecule has 0 aliphatic carbocycles. The van der Waals surface area contributed by atoms with Crippen LogP contribution in [-0.4, -0.2) is 24.1 Å². The Morgan fingerprint density at radius 3 is 2.12 bits per heavy atom. The summed E-state index contributed by atoms with van der Waals surface area (Å²) in [7, 11) is 0. The summed E-state index contributed by atoms with van der Waals surface area (Å²) >= 11 is 2.12. The van der Waals surface area contributed by atoms with E-state index in [0.29, 0.717) is 0 Å². The van der Waals surface area contributed by atoms with Gasteiger partial charge in [0.05, 0.1) is 0 Å². The fourth-order valence-corrected chi connectivity index (χ4v) is 3.57. The van der Waals surface area contributed by atoms with Crippen LogP contribution in [0.1, 0.15) is 71.1 Å². The normalized spacial score (nSPS) is 17.5. The Bertz CT molecular complexity index is 155. The molecule has 1 aliphatic heterocycles. The van der Waals surface area contributed by atoms with Crippen molar-refractivity contribution < 1.29 is 0 Å². The lowest BCUT2D eigenvalue weighted by molar-refractivity contribution is 0.465. The predicted octanol–water partition coefficient (Wildman–Crippen LogP) is 4.61. The number of hydrogen-bond donors (Lipinski definition) is 1. The van der Waals surface area contributed by atoms with E-state index in [4.69, 9.17) is 0 Å². The molecule has 0 atom stereocenters. The fourth-order valence-electron chi connectivity index (χ4n) is 2.47. The highest BCUT2D eigenvalue weighted by Gasteiger charge is 2.11. The Balaban J connectivity index is 1.75. The van der Waals surface area contributed by atoms with E-state index >= 15 is 0 Å². The molecule has 0 aromatic carbocycles. The van der Waals surface area contributed by atoms with Crippen LogP contribution >= 0.6 is 11.8 Å². The molecule has 0 unspecified atom stereocenters. The average Bonchev–Trinajstić information content (AvgIpc) is 2.38. The van der Waals surface area contributed by atoms with Crippen LogP contribution < -0.4 is 5.32 Å². The van der Waals surface area contributed by atoms with Crippen LogP contribution in [0.2, 0.25) is 0 Å². The van der Waals surface area contributed by atoms with Crippen molar-refractivity contribution in [1.29, 1.82) is 0 Å². The summed E-state index contributed by atoms with van der Waals surface area (Å²) < 4.78 is 0. The average molecular weight is 257 g/mol. The summed E-state index contributed by atoms with van der Waals surface area (Å²) in [4.78, 5) is 0. The van der Waals surface area contributed by atoms with Gasteiger partial charge in [-0.25, -0.2) is 0 Å². The van der Waals surface area contributed by atoms with E-state index in [1.807, 2.05) is 0 Å². The first-order chi connectivity index (χ1) is 8.43. The molecule has 0 bridgehead atoms. The largest absolute Gasteiger partial charge is 0.314 e. The molecule has 0 aromatic rings. The second-order valence-electron chi connectivity index (χ2n) is 5.32. The summed E-state index contributed by atoms with van der Waals surface area (Å²) in [6.45, 7) is 3.54. The van der Waals surface area contributed by atoms with E-state index in [1.54, 1.807) is 0 Å². The van der Waals surface area contributed by atoms with Crippen LogP contribution in [0.5, 0.6) is 0 Å². The van der Waals surface area contributed by atoms with Crippen molar-refractivity contribution in [3.05, 3.63) is 0 Å². The van der Waals surface area contributed by atoms with Crippen LogP contribution in [0.4, 0.5) is 0 Å². The molecule has 0 saturated carbocycles. The number of hydrogen-bond acceptors (Lipinski definition) is 2. The zero-order valence-electron chi connectivity index (χ0n) is 11.7. The Morgan fingerprint density at radius 2 is 1.47 bits per heavy atom. The Morgan fingerprint density at radius 1 is 0.882 bits per heavy atom. The molecule has 0 spiro atoms. The van der Waals surface area contributed by atoms with E-state index in [2.05, 4.69) is 24.0 Å². The highest BCUT2D eigenvalue weighted by Crippen LogP contribution is 2.16. The van der Waals surface area contributed by atoms with E-state index in [0.717, 1.165) is 6.04 Å². The van der Waals surface area contributed by atoms with E-state index < -0.39 is 0 Å². The van der Waals surface area contributed by atoms with Gasteiger partial charge in [0.25, 0.3) is 0 Å². The molecule has 1 fully saturated rings. The van der Waals surface area contributed by atoms with E-state index in [9.17, 15) is 0 Å². The van der Waals surface area contributed by atoms with Gasteiger partial charge < -0.3 is 5.32 Å². The van der Waals surface area contributed by atoms with Gasteiger partial charge in [0.2, 0.25) is 0 Å². The Kier molecular flexibility index (Phi) is 10.3. The van der Waals surface area contributed by atoms with Crippen LogP contribution in [0.15, 0.2) is 0 Å². The third-order valence-corrected chi connectivity index (χ3v) is 4.73. The molecule has 0 amide bonds. The minimum atomic E-state index is 0.834. The summed E-state index contributed by atoms with van der Waals surface area (Å²) in [5.41, 5.74) is 0. The molecule has 17 heavy (non-hydrogen) atoms. The number of unbranched alkanes of at least 4 members (excludes halogenated alkanes) is 7. The van der Waals surface area contributed by atoms with Crippen molar-refractivity contribution >= 4 is 11.8 Å². The Labute approximate surface area is 113 Å². The molecule has 0 radical (unpaired) electrons. The number of thioether (sulfide) groups is 1. The first-order valence-corrected chi connectivity index (χ1v) is 8.90. The van der Waals surface area contributed by atoms with Crippen molar-refractivity contribution in [2.24, 2.45) is 0 Å². The lowest BCUT2D eigenvalue weighted by atomic mass is 10.1. The SMILES string of the molecule is CCCCCCCCCCNC1CCSCC1. The molecule has 1 rings (SSSR count). The van der Waals surface area contributed by atoms with Gasteiger partial charge in [0.15, 0.2) is 0 Å².